The fraction of sp³-hybridized carbons (Fsp3) is 0.0263. The Morgan fingerprint density at radius 3 is 1.04 bits per heavy atom. The SMILES string of the molecule is c1ccc(-c2cc(-c3ccccc3-c3ccc4c(c3)sc3ccccc34)nc(-c3ccc4c(c3)C3c5ccccc5C4c4cc(-c5nc(-c6ccccc6)cc(-c6ccccc6-c6ccc7c(c6)sc6ccccc67)n5)ccc43)n2)cc1. The first-order chi connectivity index (χ1) is 40.6. The molecule has 382 valence electrons. The van der Waals surface area contributed by atoms with Crippen LogP contribution >= 0.6 is 22.7 Å². The molecule has 0 saturated carbocycles. The minimum atomic E-state index is 0.0128. The number of hydrogen-bond acceptors (Lipinski definition) is 6. The number of rotatable bonds is 8. The van der Waals surface area contributed by atoms with E-state index in [0.717, 1.165) is 67.3 Å². The molecular formula is C76H46N4S2. The highest BCUT2D eigenvalue weighted by molar-refractivity contribution is 7.26. The smallest absolute Gasteiger partial charge is 0.160 e. The van der Waals surface area contributed by atoms with Crippen molar-refractivity contribution in [1.29, 1.82) is 0 Å². The largest absolute Gasteiger partial charge is 0.228 e. The quantitative estimate of drug-likeness (QED) is 0.152. The molecule has 0 fully saturated rings. The van der Waals surface area contributed by atoms with Crippen molar-refractivity contribution < 1.29 is 0 Å². The maximum absolute atomic E-state index is 5.51. The van der Waals surface area contributed by atoms with Crippen molar-refractivity contribution in [3.8, 4) is 90.1 Å². The lowest BCUT2D eigenvalue weighted by Crippen LogP contribution is -2.27. The summed E-state index contributed by atoms with van der Waals surface area (Å²) in [6, 6.07) is 96.8. The summed E-state index contributed by atoms with van der Waals surface area (Å²) in [6.45, 7) is 0. The average Bonchev–Trinajstić information content (AvgIpc) is 1.36. The lowest BCUT2D eigenvalue weighted by molar-refractivity contribution is 0.754. The van der Waals surface area contributed by atoms with Gasteiger partial charge in [0.25, 0.3) is 0 Å². The van der Waals surface area contributed by atoms with Crippen LogP contribution in [0.1, 0.15) is 45.2 Å². The van der Waals surface area contributed by atoms with Gasteiger partial charge in [0.2, 0.25) is 0 Å². The highest BCUT2D eigenvalue weighted by Gasteiger charge is 2.41. The second-order valence-electron chi connectivity index (χ2n) is 21.5. The van der Waals surface area contributed by atoms with Crippen LogP contribution in [0.5, 0.6) is 0 Å². The van der Waals surface area contributed by atoms with Crippen LogP contribution < -0.4 is 0 Å². The summed E-state index contributed by atoms with van der Waals surface area (Å²) in [5, 5.41) is 5.18. The van der Waals surface area contributed by atoms with Crippen molar-refractivity contribution in [2.75, 3.05) is 0 Å². The number of hydrogen-bond donors (Lipinski definition) is 0. The second kappa shape index (κ2) is 18.8. The number of benzene rings is 11. The molecule has 4 heterocycles. The minimum Gasteiger partial charge on any atom is -0.228 e. The first-order valence-corrected chi connectivity index (χ1v) is 29.5. The minimum absolute atomic E-state index is 0.0128. The molecule has 0 aliphatic heterocycles. The molecule has 3 aliphatic rings. The molecule has 0 saturated heterocycles. The van der Waals surface area contributed by atoms with Crippen molar-refractivity contribution in [3.05, 3.63) is 300 Å². The summed E-state index contributed by atoms with van der Waals surface area (Å²) in [7, 11) is 0. The number of aromatic nitrogens is 4. The molecule has 4 nitrogen and oxygen atoms in total. The van der Waals surface area contributed by atoms with Gasteiger partial charge in [-0.05, 0) is 104 Å². The number of fused-ring (bicyclic) bond motifs is 6. The van der Waals surface area contributed by atoms with Crippen LogP contribution in [0.2, 0.25) is 0 Å². The molecular weight excluding hydrogens is 1030 g/mol. The molecule has 2 bridgehead atoms. The molecule has 15 aromatic rings. The van der Waals surface area contributed by atoms with Gasteiger partial charge in [-0.1, -0.05) is 218 Å². The topological polar surface area (TPSA) is 51.6 Å². The van der Waals surface area contributed by atoms with Crippen molar-refractivity contribution in [2.45, 2.75) is 11.8 Å². The van der Waals surface area contributed by atoms with Gasteiger partial charge >= 0.3 is 0 Å². The second-order valence-corrected chi connectivity index (χ2v) is 23.7. The lowest BCUT2D eigenvalue weighted by Gasteiger charge is -2.42. The van der Waals surface area contributed by atoms with E-state index in [-0.39, 0.29) is 11.8 Å². The summed E-state index contributed by atoms with van der Waals surface area (Å²) in [4.78, 5) is 21.8. The Morgan fingerprint density at radius 2 is 0.573 bits per heavy atom. The third-order valence-electron chi connectivity index (χ3n) is 16.9. The molecule has 6 heteroatoms. The van der Waals surface area contributed by atoms with Crippen LogP contribution in [0.4, 0.5) is 0 Å². The van der Waals surface area contributed by atoms with Gasteiger partial charge in [0.05, 0.1) is 22.8 Å². The summed E-state index contributed by atoms with van der Waals surface area (Å²) in [5.74, 6) is 1.43. The molecule has 0 amide bonds. The molecule has 3 aliphatic carbocycles. The van der Waals surface area contributed by atoms with Gasteiger partial charge in [0, 0.05) is 85.6 Å². The third kappa shape index (κ3) is 7.63. The molecule has 0 spiro atoms. The van der Waals surface area contributed by atoms with Crippen LogP contribution in [0.25, 0.3) is 130 Å². The fourth-order valence-corrected chi connectivity index (χ4v) is 15.4. The summed E-state index contributed by atoms with van der Waals surface area (Å²) >= 11 is 3.69. The van der Waals surface area contributed by atoms with Crippen LogP contribution in [0.15, 0.2) is 267 Å². The van der Waals surface area contributed by atoms with Crippen LogP contribution in [-0.2, 0) is 0 Å². The maximum atomic E-state index is 5.51. The molecule has 2 unspecified atom stereocenters. The molecule has 0 N–H and O–H groups in total. The van der Waals surface area contributed by atoms with E-state index in [2.05, 4.69) is 267 Å². The average molecular weight is 1080 g/mol. The Kier molecular flexibility index (Phi) is 10.8. The fourth-order valence-electron chi connectivity index (χ4n) is 13.1. The zero-order chi connectivity index (χ0) is 53.8. The molecule has 18 rings (SSSR count). The maximum Gasteiger partial charge on any atom is 0.160 e. The monoisotopic (exact) mass is 1080 g/mol. The van der Waals surface area contributed by atoms with Gasteiger partial charge in [-0.3, -0.25) is 0 Å². The number of thiophene rings is 2. The van der Waals surface area contributed by atoms with E-state index >= 15 is 0 Å². The molecule has 0 radical (unpaired) electrons. The van der Waals surface area contributed by atoms with Gasteiger partial charge in [-0.25, -0.2) is 19.9 Å². The Labute approximate surface area is 482 Å². The summed E-state index contributed by atoms with van der Waals surface area (Å²) in [6.07, 6.45) is 0. The zero-order valence-electron chi connectivity index (χ0n) is 44.2. The van der Waals surface area contributed by atoms with E-state index in [1.165, 1.54) is 84.9 Å². The first-order valence-electron chi connectivity index (χ1n) is 27.9. The van der Waals surface area contributed by atoms with Gasteiger partial charge in [0.15, 0.2) is 11.6 Å². The van der Waals surface area contributed by atoms with Crippen molar-refractivity contribution in [2.24, 2.45) is 0 Å². The lowest BCUT2D eigenvalue weighted by atomic mass is 9.61. The molecule has 82 heavy (non-hydrogen) atoms. The van der Waals surface area contributed by atoms with Crippen LogP contribution in [-0.4, -0.2) is 19.9 Å². The van der Waals surface area contributed by atoms with Gasteiger partial charge in [-0.15, -0.1) is 22.7 Å². The normalized spacial score (nSPS) is 14.1. The highest BCUT2D eigenvalue weighted by Crippen LogP contribution is 2.57. The standard InChI is InChI=1S/C76H46N4S2/c1-3-17-45(18-4-1)65-43-67(53-23-9-7-21-51(53)47-31-35-57-55-25-13-15-29-69(55)81-71(57)41-47)79-75(77-65)49-33-37-61-63(39-49)73-59-27-11-12-28-60(59)74(61)64-40-50(34-38-62(64)73)76-78-66(46-19-5-2-6-20-46)44-68(80-76)54-24-10-8-22-52(54)48-32-36-58-56-26-14-16-30-70(56)82-72(58)42-48/h1-44,73-74H. The Hall–Kier alpha value is -9.98. The van der Waals surface area contributed by atoms with Gasteiger partial charge in [0.1, 0.15) is 0 Å². The van der Waals surface area contributed by atoms with E-state index in [1.807, 2.05) is 22.7 Å². The van der Waals surface area contributed by atoms with Gasteiger partial charge in [-0.2, -0.15) is 0 Å². The van der Waals surface area contributed by atoms with E-state index in [9.17, 15) is 0 Å². The predicted molar refractivity (Wildman–Crippen MR) is 342 cm³/mol. The molecule has 11 aromatic carbocycles. The summed E-state index contributed by atoms with van der Waals surface area (Å²) < 4.78 is 5.16. The zero-order valence-corrected chi connectivity index (χ0v) is 45.8. The highest BCUT2D eigenvalue weighted by atomic mass is 32.1. The van der Waals surface area contributed by atoms with Gasteiger partial charge < -0.3 is 0 Å². The van der Waals surface area contributed by atoms with Crippen molar-refractivity contribution in [1.82, 2.24) is 19.9 Å². The Bertz CT molecular complexity index is 4760. The Balaban J connectivity index is 0.776. The van der Waals surface area contributed by atoms with Crippen LogP contribution in [0, 0.1) is 0 Å². The van der Waals surface area contributed by atoms with Crippen molar-refractivity contribution in [3.63, 3.8) is 0 Å². The summed E-state index contributed by atoms with van der Waals surface area (Å²) in [5.41, 5.74) is 22.3. The Morgan fingerprint density at radius 1 is 0.220 bits per heavy atom. The van der Waals surface area contributed by atoms with Crippen molar-refractivity contribution >= 4 is 63.0 Å². The first kappa shape index (κ1) is 46.9. The molecule has 2 atom stereocenters. The predicted octanol–water partition coefficient (Wildman–Crippen LogP) is 20.3. The van der Waals surface area contributed by atoms with E-state index in [4.69, 9.17) is 19.9 Å². The van der Waals surface area contributed by atoms with Crippen LogP contribution in [0.3, 0.4) is 0 Å². The number of nitrogens with zero attached hydrogens (tertiary/aromatic N) is 4. The van der Waals surface area contributed by atoms with E-state index in [0.29, 0.717) is 11.6 Å². The van der Waals surface area contributed by atoms with E-state index < -0.39 is 0 Å². The molecule has 4 aromatic heterocycles. The van der Waals surface area contributed by atoms with E-state index in [1.54, 1.807) is 0 Å². The third-order valence-corrected chi connectivity index (χ3v) is 19.2.